The van der Waals surface area contributed by atoms with Gasteiger partial charge < -0.3 is 9.15 Å². The molecule has 0 saturated heterocycles. The highest BCUT2D eigenvalue weighted by Gasteiger charge is 2.09. The van der Waals surface area contributed by atoms with Gasteiger partial charge in [0.15, 0.2) is 9.84 Å². The van der Waals surface area contributed by atoms with Crippen molar-refractivity contribution in [3.63, 3.8) is 0 Å². The van der Waals surface area contributed by atoms with Crippen molar-refractivity contribution in [2.45, 2.75) is 11.5 Å². The summed E-state index contributed by atoms with van der Waals surface area (Å²) in [5, 5.41) is 0.606. The van der Waals surface area contributed by atoms with Crippen molar-refractivity contribution in [2.75, 3.05) is 6.26 Å². The van der Waals surface area contributed by atoms with Gasteiger partial charge in [-0.05, 0) is 42.5 Å². The number of rotatable bonds is 5. The molecule has 0 atom stereocenters. The summed E-state index contributed by atoms with van der Waals surface area (Å²) in [4.78, 5) is 4.60. The zero-order valence-electron chi connectivity index (χ0n) is 12.8. The summed E-state index contributed by atoms with van der Waals surface area (Å²) >= 11 is 5.95. The van der Waals surface area contributed by atoms with E-state index in [1.807, 2.05) is 12.1 Å². The van der Waals surface area contributed by atoms with Gasteiger partial charge in [-0.2, -0.15) is 0 Å². The molecule has 0 amide bonds. The monoisotopic (exact) mass is 363 g/mol. The maximum Gasteiger partial charge on any atom is 0.226 e. The van der Waals surface area contributed by atoms with Crippen molar-refractivity contribution in [3.05, 3.63) is 65.5 Å². The number of ether oxygens (including phenoxy) is 1. The van der Waals surface area contributed by atoms with Gasteiger partial charge in [-0.25, -0.2) is 13.4 Å². The lowest BCUT2D eigenvalue weighted by Crippen LogP contribution is -1.98. The Balaban J connectivity index is 1.67. The number of hydrogen-bond donors (Lipinski definition) is 0. The van der Waals surface area contributed by atoms with Crippen LogP contribution in [-0.2, 0) is 16.4 Å². The van der Waals surface area contributed by atoms with E-state index in [1.54, 1.807) is 24.3 Å². The largest absolute Gasteiger partial charge is 0.487 e. The van der Waals surface area contributed by atoms with Gasteiger partial charge in [0, 0.05) is 16.8 Å². The molecule has 1 heterocycles. The Hall–Kier alpha value is -2.31. The molecule has 0 radical (unpaired) electrons. The third-order valence-electron chi connectivity index (χ3n) is 3.26. The Morgan fingerprint density at radius 2 is 1.92 bits per heavy atom. The van der Waals surface area contributed by atoms with Crippen molar-refractivity contribution < 1.29 is 17.6 Å². The smallest absolute Gasteiger partial charge is 0.226 e. The van der Waals surface area contributed by atoms with E-state index in [-0.39, 0.29) is 11.5 Å². The second-order valence-electron chi connectivity index (χ2n) is 5.19. The fraction of sp³-hybridized carbons (Fsp3) is 0.118. The summed E-state index contributed by atoms with van der Waals surface area (Å²) in [5.41, 5.74) is 1.41. The van der Waals surface area contributed by atoms with E-state index in [4.69, 9.17) is 20.8 Å². The van der Waals surface area contributed by atoms with Crippen LogP contribution in [0, 0.1) is 0 Å². The minimum absolute atomic E-state index is 0.211. The minimum atomic E-state index is -3.21. The van der Waals surface area contributed by atoms with Crippen LogP contribution in [0.3, 0.4) is 0 Å². The first-order valence-corrected chi connectivity index (χ1v) is 9.32. The predicted octanol–water partition coefficient (Wildman–Crippen LogP) is 3.98. The van der Waals surface area contributed by atoms with E-state index in [0.29, 0.717) is 22.4 Å². The molecule has 3 rings (SSSR count). The Morgan fingerprint density at radius 1 is 1.17 bits per heavy atom. The van der Waals surface area contributed by atoms with Crippen LogP contribution in [0.2, 0.25) is 5.02 Å². The quantitative estimate of drug-likeness (QED) is 0.685. The first-order chi connectivity index (χ1) is 11.4. The first kappa shape index (κ1) is 16.5. The van der Waals surface area contributed by atoms with Crippen LogP contribution in [0.25, 0.3) is 11.5 Å². The molecule has 2 aromatic carbocycles. The molecule has 1 aromatic heterocycles. The van der Waals surface area contributed by atoms with Crippen LogP contribution in [0.5, 0.6) is 5.75 Å². The highest BCUT2D eigenvalue weighted by atomic mass is 35.5. The highest BCUT2D eigenvalue weighted by molar-refractivity contribution is 7.90. The number of hydrogen-bond acceptors (Lipinski definition) is 5. The summed E-state index contributed by atoms with van der Waals surface area (Å²) < 4.78 is 33.8. The van der Waals surface area contributed by atoms with E-state index in [0.717, 1.165) is 11.8 Å². The fourth-order valence-corrected chi connectivity index (χ4v) is 2.89. The minimum Gasteiger partial charge on any atom is -0.487 e. The van der Waals surface area contributed by atoms with Gasteiger partial charge in [0.2, 0.25) is 5.89 Å². The Bertz CT molecular complexity index is 949. The van der Waals surface area contributed by atoms with Crippen LogP contribution in [-0.4, -0.2) is 19.7 Å². The zero-order valence-corrected chi connectivity index (χ0v) is 14.3. The van der Waals surface area contributed by atoms with Crippen LogP contribution in [0.4, 0.5) is 0 Å². The lowest BCUT2D eigenvalue weighted by molar-refractivity contribution is 0.301. The van der Waals surface area contributed by atoms with E-state index in [2.05, 4.69) is 4.98 Å². The Kier molecular flexibility index (Phi) is 4.59. The van der Waals surface area contributed by atoms with Gasteiger partial charge in [0.05, 0.1) is 4.90 Å². The van der Waals surface area contributed by atoms with Crippen LogP contribution in [0.15, 0.2) is 64.1 Å². The van der Waals surface area contributed by atoms with Crippen LogP contribution in [0.1, 0.15) is 5.69 Å². The molecule has 3 aromatic rings. The third-order valence-corrected chi connectivity index (χ3v) is 4.63. The lowest BCUT2D eigenvalue weighted by Gasteiger charge is -2.04. The SMILES string of the molecule is CS(=O)(=O)c1ccc(OCc2coc(-c3cccc(Cl)c3)n2)cc1. The molecule has 0 unspecified atom stereocenters. The van der Waals surface area contributed by atoms with E-state index in [1.165, 1.54) is 18.4 Å². The Labute approximate surface area is 144 Å². The van der Waals surface area contributed by atoms with Gasteiger partial charge in [0.1, 0.15) is 24.3 Å². The number of nitrogens with zero attached hydrogens (tertiary/aromatic N) is 1. The molecule has 0 aliphatic carbocycles. The zero-order chi connectivity index (χ0) is 17.2. The van der Waals surface area contributed by atoms with E-state index in [9.17, 15) is 8.42 Å². The molecule has 0 saturated carbocycles. The summed E-state index contributed by atoms with van der Waals surface area (Å²) in [6.45, 7) is 0.211. The van der Waals surface area contributed by atoms with E-state index >= 15 is 0 Å². The predicted molar refractivity (Wildman–Crippen MR) is 90.8 cm³/mol. The summed E-state index contributed by atoms with van der Waals surface area (Å²) in [5.74, 6) is 1.01. The molecule has 0 aliphatic rings. The van der Waals surface area contributed by atoms with Gasteiger partial charge in [0.25, 0.3) is 0 Å². The van der Waals surface area contributed by atoms with Crippen molar-refractivity contribution in [1.29, 1.82) is 0 Å². The van der Waals surface area contributed by atoms with Crippen LogP contribution >= 0.6 is 11.6 Å². The molecular formula is C17H14ClNO4S. The molecular weight excluding hydrogens is 350 g/mol. The molecule has 124 valence electrons. The number of aromatic nitrogens is 1. The molecule has 24 heavy (non-hydrogen) atoms. The molecule has 0 N–H and O–H groups in total. The number of oxazole rings is 1. The van der Waals surface area contributed by atoms with Gasteiger partial charge in [-0.3, -0.25) is 0 Å². The average molecular weight is 364 g/mol. The number of sulfone groups is 1. The van der Waals surface area contributed by atoms with E-state index < -0.39 is 9.84 Å². The molecule has 0 fully saturated rings. The molecule has 0 aliphatic heterocycles. The fourth-order valence-electron chi connectivity index (χ4n) is 2.07. The lowest BCUT2D eigenvalue weighted by atomic mass is 10.2. The molecule has 0 bridgehead atoms. The van der Waals surface area contributed by atoms with Crippen molar-refractivity contribution in [2.24, 2.45) is 0 Å². The Morgan fingerprint density at radius 3 is 2.58 bits per heavy atom. The summed E-state index contributed by atoms with van der Waals surface area (Å²) in [6, 6.07) is 13.4. The first-order valence-electron chi connectivity index (χ1n) is 7.05. The van der Waals surface area contributed by atoms with Crippen molar-refractivity contribution in [1.82, 2.24) is 4.98 Å². The van der Waals surface area contributed by atoms with Crippen molar-refractivity contribution >= 4 is 21.4 Å². The number of benzene rings is 2. The molecule has 5 nitrogen and oxygen atoms in total. The molecule has 0 spiro atoms. The normalized spacial score (nSPS) is 11.4. The average Bonchev–Trinajstić information content (AvgIpc) is 3.01. The summed E-state index contributed by atoms with van der Waals surface area (Å²) in [7, 11) is -3.21. The van der Waals surface area contributed by atoms with Gasteiger partial charge >= 0.3 is 0 Å². The molecule has 7 heteroatoms. The maximum absolute atomic E-state index is 11.4. The third kappa shape index (κ3) is 3.96. The summed E-state index contributed by atoms with van der Waals surface area (Å²) in [6.07, 6.45) is 2.68. The second kappa shape index (κ2) is 6.67. The topological polar surface area (TPSA) is 69.4 Å². The highest BCUT2D eigenvalue weighted by Crippen LogP contribution is 2.23. The standard InChI is InChI=1S/C17H14ClNO4S/c1-24(20,21)16-7-5-15(6-8-16)22-10-14-11-23-17(19-14)12-3-2-4-13(18)9-12/h2-9,11H,10H2,1H3. The van der Waals surface area contributed by atoms with Gasteiger partial charge in [-0.15, -0.1) is 0 Å². The second-order valence-corrected chi connectivity index (χ2v) is 7.64. The van der Waals surface area contributed by atoms with Crippen LogP contribution < -0.4 is 4.74 Å². The van der Waals surface area contributed by atoms with Crippen molar-refractivity contribution in [3.8, 4) is 17.2 Å². The maximum atomic E-state index is 11.4. The number of halogens is 1. The van der Waals surface area contributed by atoms with Gasteiger partial charge in [-0.1, -0.05) is 17.7 Å².